The molecule has 3 aliphatic carbocycles. The Morgan fingerprint density at radius 3 is 2.79 bits per heavy atom. The Kier molecular flexibility index (Phi) is 2.57. The van der Waals surface area contributed by atoms with Gasteiger partial charge in [-0.2, -0.15) is 0 Å². The molecule has 1 saturated carbocycles. The maximum absolute atomic E-state index is 10.3. The van der Waals surface area contributed by atoms with Gasteiger partial charge in [-0.1, -0.05) is 19.1 Å². The van der Waals surface area contributed by atoms with Gasteiger partial charge in [-0.15, -0.1) is 0 Å². The monoisotopic (exact) mass is 256 g/mol. The van der Waals surface area contributed by atoms with E-state index in [1.807, 2.05) is 0 Å². The van der Waals surface area contributed by atoms with E-state index >= 15 is 0 Å². The van der Waals surface area contributed by atoms with Crippen LogP contribution in [0.15, 0.2) is 12.1 Å². The quantitative estimate of drug-likeness (QED) is 0.749. The van der Waals surface area contributed by atoms with Gasteiger partial charge < -0.3 is 5.11 Å². The molecule has 1 nitrogen and oxygen atoms in total. The van der Waals surface area contributed by atoms with E-state index in [-0.39, 0.29) is 11.5 Å². The molecular formula is C18H24O. The molecule has 0 radical (unpaired) electrons. The third-order valence-corrected chi connectivity index (χ3v) is 6.26. The van der Waals surface area contributed by atoms with E-state index in [2.05, 4.69) is 19.1 Å². The van der Waals surface area contributed by atoms with Crippen molar-refractivity contribution >= 4 is 0 Å². The number of fused-ring (bicyclic) bond motifs is 5. The Morgan fingerprint density at radius 1 is 1.05 bits per heavy atom. The highest BCUT2D eigenvalue weighted by Gasteiger charge is 2.49. The van der Waals surface area contributed by atoms with E-state index in [1.165, 1.54) is 44.9 Å². The van der Waals surface area contributed by atoms with Gasteiger partial charge in [0.05, 0.1) is 6.10 Å². The van der Waals surface area contributed by atoms with Crippen LogP contribution in [0.3, 0.4) is 0 Å². The molecule has 0 amide bonds. The van der Waals surface area contributed by atoms with Crippen LogP contribution < -0.4 is 0 Å². The Labute approximate surface area is 116 Å². The van der Waals surface area contributed by atoms with E-state index in [9.17, 15) is 5.11 Å². The van der Waals surface area contributed by atoms with Crippen LogP contribution in [0.5, 0.6) is 0 Å². The summed E-state index contributed by atoms with van der Waals surface area (Å²) in [6.45, 7) is 2.32. The molecule has 0 aromatic heterocycles. The molecule has 1 fully saturated rings. The average molecular weight is 256 g/mol. The second-order valence-corrected chi connectivity index (χ2v) is 7.13. The minimum Gasteiger partial charge on any atom is -0.393 e. The largest absolute Gasteiger partial charge is 0.393 e. The van der Waals surface area contributed by atoms with Crippen molar-refractivity contribution in [2.45, 2.75) is 70.3 Å². The molecule has 1 aromatic rings. The second kappa shape index (κ2) is 4.09. The molecule has 0 aliphatic heterocycles. The van der Waals surface area contributed by atoms with Crippen molar-refractivity contribution < 1.29 is 5.11 Å². The van der Waals surface area contributed by atoms with Crippen LogP contribution >= 0.6 is 0 Å². The summed E-state index contributed by atoms with van der Waals surface area (Å²) in [6, 6.07) is 4.80. The maximum atomic E-state index is 10.3. The Morgan fingerprint density at radius 2 is 1.89 bits per heavy atom. The van der Waals surface area contributed by atoms with Crippen LogP contribution in [0.4, 0.5) is 0 Å². The van der Waals surface area contributed by atoms with Crippen LogP contribution in [0, 0.1) is 5.41 Å². The van der Waals surface area contributed by atoms with Crippen LogP contribution in [-0.2, 0) is 19.3 Å². The summed E-state index contributed by atoms with van der Waals surface area (Å²) >= 11 is 0. The number of hydrogen-bond donors (Lipinski definition) is 1. The smallest absolute Gasteiger partial charge is 0.0600 e. The minimum absolute atomic E-state index is 0.0818. The first-order valence-electron chi connectivity index (χ1n) is 8.02. The minimum atomic E-state index is -0.0818. The average Bonchev–Trinajstić information content (AvgIpc) is 2.75. The van der Waals surface area contributed by atoms with E-state index in [4.69, 9.17) is 0 Å². The van der Waals surface area contributed by atoms with E-state index in [1.54, 1.807) is 22.3 Å². The Balaban J connectivity index is 1.84. The summed E-state index contributed by atoms with van der Waals surface area (Å²) in [5.74, 6) is 0.610. The molecule has 0 spiro atoms. The zero-order chi connectivity index (χ0) is 13.0. The lowest BCUT2D eigenvalue weighted by atomic mass is 9.64. The Hall–Kier alpha value is -0.820. The normalized spacial score (nSPS) is 36.5. The zero-order valence-electron chi connectivity index (χ0n) is 11.9. The molecule has 2 unspecified atom stereocenters. The van der Waals surface area contributed by atoms with Gasteiger partial charge in [-0.3, -0.25) is 0 Å². The molecule has 102 valence electrons. The zero-order valence-corrected chi connectivity index (χ0v) is 11.9. The lowest BCUT2D eigenvalue weighted by molar-refractivity contribution is 0.0456. The van der Waals surface area contributed by atoms with Crippen molar-refractivity contribution in [2.24, 2.45) is 5.41 Å². The second-order valence-electron chi connectivity index (χ2n) is 7.13. The molecule has 0 saturated heterocycles. The summed E-state index contributed by atoms with van der Waals surface area (Å²) in [4.78, 5) is 0. The topological polar surface area (TPSA) is 20.2 Å². The third-order valence-electron chi connectivity index (χ3n) is 6.26. The number of aryl methyl sites for hydroxylation is 1. The fraction of sp³-hybridized carbons (Fsp3) is 0.667. The van der Waals surface area contributed by atoms with Crippen molar-refractivity contribution in [2.75, 3.05) is 0 Å². The van der Waals surface area contributed by atoms with Crippen molar-refractivity contribution in [3.8, 4) is 0 Å². The fourth-order valence-electron chi connectivity index (χ4n) is 5.01. The van der Waals surface area contributed by atoms with Gasteiger partial charge in [0.15, 0.2) is 0 Å². The molecule has 1 aromatic carbocycles. The summed E-state index contributed by atoms with van der Waals surface area (Å²) in [7, 11) is 0. The van der Waals surface area contributed by atoms with Crippen molar-refractivity contribution in [3.63, 3.8) is 0 Å². The molecule has 3 atom stereocenters. The number of aliphatic hydroxyl groups is 1. The van der Waals surface area contributed by atoms with E-state index in [0.29, 0.717) is 5.92 Å². The van der Waals surface area contributed by atoms with E-state index in [0.717, 1.165) is 6.42 Å². The van der Waals surface area contributed by atoms with Crippen LogP contribution in [0.1, 0.15) is 67.2 Å². The molecular weight excluding hydrogens is 232 g/mol. The van der Waals surface area contributed by atoms with Crippen molar-refractivity contribution in [3.05, 3.63) is 34.4 Å². The first-order valence-corrected chi connectivity index (χ1v) is 8.02. The molecule has 0 heterocycles. The molecule has 0 bridgehead atoms. The summed E-state index contributed by atoms with van der Waals surface area (Å²) in [5, 5.41) is 10.3. The van der Waals surface area contributed by atoms with Gasteiger partial charge in [0.1, 0.15) is 0 Å². The van der Waals surface area contributed by atoms with Crippen molar-refractivity contribution in [1.82, 2.24) is 0 Å². The molecule has 1 heteroatoms. The highest BCUT2D eigenvalue weighted by molar-refractivity contribution is 5.47. The lowest BCUT2D eigenvalue weighted by Gasteiger charge is -2.41. The third kappa shape index (κ3) is 1.57. The molecule has 19 heavy (non-hydrogen) atoms. The van der Waals surface area contributed by atoms with E-state index < -0.39 is 0 Å². The SMILES string of the molecule is CC12CCc3c(ccc4c3CCCC4)C1CC[C@@H]2O. The predicted octanol–water partition coefficient (Wildman–Crippen LogP) is 3.76. The summed E-state index contributed by atoms with van der Waals surface area (Å²) in [6.07, 6.45) is 9.80. The maximum Gasteiger partial charge on any atom is 0.0600 e. The van der Waals surface area contributed by atoms with Gasteiger partial charge >= 0.3 is 0 Å². The molecule has 3 aliphatic rings. The van der Waals surface area contributed by atoms with Gasteiger partial charge in [0, 0.05) is 5.41 Å². The summed E-state index contributed by atoms with van der Waals surface area (Å²) in [5.41, 5.74) is 6.72. The fourth-order valence-corrected chi connectivity index (χ4v) is 5.01. The van der Waals surface area contributed by atoms with Crippen LogP contribution in [0.25, 0.3) is 0 Å². The van der Waals surface area contributed by atoms with Crippen LogP contribution in [-0.4, -0.2) is 11.2 Å². The molecule has 4 rings (SSSR count). The summed E-state index contributed by atoms with van der Waals surface area (Å²) < 4.78 is 0. The van der Waals surface area contributed by atoms with Gasteiger partial charge in [-0.05, 0) is 79.5 Å². The number of hydrogen-bond acceptors (Lipinski definition) is 1. The number of benzene rings is 1. The first kappa shape index (κ1) is 12.0. The Bertz CT molecular complexity index is 519. The highest BCUT2D eigenvalue weighted by atomic mass is 16.3. The van der Waals surface area contributed by atoms with Crippen molar-refractivity contribution in [1.29, 1.82) is 0 Å². The number of aliphatic hydroxyl groups excluding tert-OH is 1. The molecule has 1 N–H and O–H groups in total. The van der Waals surface area contributed by atoms with Gasteiger partial charge in [0.25, 0.3) is 0 Å². The first-order chi connectivity index (χ1) is 9.20. The van der Waals surface area contributed by atoms with Crippen LogP contribution in [0.2, 0.25) is 0 Å². The van der Waals surface area contributed by atoms with Gasteiger partial charge in [0.2, 0.25) is 0 Å². The number of rotatable bonds is 0. The standard InChI is InChI=1S/C18H24O/c1-18-11-10-14-13-5-3-2-4-12(13)6-7-15(14)16(18)8-9-17(18)19/h6-7,16-17,19H,2-5,8-11H2,1H3/t16?,17-,18?/m0/s1. The lowest BCUT2D eigenvalue weighted by Crippen LogP contribution is -2.35. The highest BCUT2D eigenvalue weighted by Crippen LogP contribution is 2.56. The predicted molar refractivity (Wildman–Crippen MR) is 77.5 cm³/mol. The van der Waals surface area contributed by atoms with Gasteiger partial charge in [-0.25, -0.2) is 0 Å².